The SMILES string of the molecule is C.CC(C)C1=C2C3CCC4C(C)(CCC5C(C)(C)C(OC(=O)CC(C)(C)C(=O)O)CCC54C)C3CCC2(CCN2Cc3ccccc3C2=O)CC1=O. The van der Waals surface area contributed by atoms with Gasteiger partial charge in [-0.3, -0.25) is 19.2 Å². The number of carboxylic acid groups (broad SMARTS) is 1. The summed E-state index contributed by atoms with van der Waals surface area (Å²) in [4.78, 5) is 54.2. The zero-order valence-electron chi connectivity index (χ0n) is 32.4. The second-order valence-electron chi connectivity index (χ2n) is 19.7. The quantitative estimate of drug-likeness (QED) is 0.269. The highest BCUT2D eigenvalue weighted by atomic mass is 16.5. The molecule has 1 aliphatic heterocycles. The van der Waals surface area contributed by atoms with Gasteiger partial charge in [0.25, 0.3) is 5.91 Å². The van der Waals surface area contributed by atoms with Gasteiger partial charge in [0.15, 0.2) is 5.78 Å². The lowest BCUT2D eigenvalue weighted by atomic mass is 9.36. The van der Waals surface area contributed by atoms with Gasteiger partial charge in [0.2, 0.25) is 0 Å². The monoisotopic (exact) mass is 715 g/mol. The fraction of sp³-hybridized carbons (Fsp3) is 0.733. The van der Waals surface area contributed by atoms with E-state index in [2.05, 4.69) is 47.6 Å². The molecule has 8 unspecified atom stereocenters. The van der Waals surface area contributed by atoms with Crippen molar-refractivity contribution in [1.29, 1.82) is 0 Å². The van der Waals surface area contributed by atoms with Crippen LogP contribution in [0.4, 0.5) is 0 Å². The molecule has 4 fully saturated rings. The second kappa shape index (κ2) is 13.1. The number of esters is 1. The maximum atomic E-state index is 14.0. The lowest BCUT2D eigenvalue weighted by Gasteiger charge is -2.69. The van der Waals surface area contributed by atoms with Gasteiger partial charge in [-0.15, -0.1) is 0 Å². The van der Waals surface area contributed by atoms with E-state index in [1.54, 1.807) is 13.8 Å². The van der Waals surface area contributed by atoms with Crippen LogP contribution in [0, 0.1) is 56.7 Å². The molecule has 4 saturated carbocycles. The average molecular weight is 716 g/mol. The molecule has 5 aliphatic carbocycles. The molecule has 1 amide bonds. The van der Waals surface area contributed by atoms with E-state index >= 15 is 0 Å². The highest BCUT2D eigenvalue weighted by Crippen LogP contribution is 2.73. The normalized spacial score (nSPS) is 36.3. The van der Waals surface area contributed by atoms with Gasteiger partial charge in [0.1, 0.15) is 6.10 Å². The standard InChI is InChI=1S/C44H61NO6.CH4/c1-26(2)36-31(46)23-44(21-22-45-25-27-11-9-10-12-28(27)38(45)48)20-15-30-29(37(36)44)13-14-33-42(30,7)18-16-32-41(5,6)34(17-19-43(32,33)8)51-35(47)24-40(3,4)39(49)50;/h9-12,26,29-30,32-34H,13-25H2,1-8H3,(H,49,50);1H4. The van der Waals surface area contributed by atoms with Crippen LogP contribution in [0.2, 0.25) is 0 Å². The number of fused-ring (bicyclic) bond motifs is 8. The minimum atomic E-state index is -1.15. The summed E-state index contributed by atoms with van der Waals surface area (Å²) in [5, 5.41) is 9.59. The molecule has 1 N–H and O–H groups in total. The van der Waals surface area contributed by atoms with Crippen molar-refractivity contribution in [2.45, 2.75) is 146 Å². The van der Waals surface area contributed by atoms with E-state index in [0.717, 1.165) is 74.5 Å². The van der Waals surface area contributed by atoms with Gasteiger partial charge in [-0.25, -0.2) is 0 Å². The Morgan fingerprint density at radius 1 is 0.942 bits per heavy atom. The third-order valence-electron chi connectivity index (χ3n) is 15.9. The number of Topliss-reactive ketones (excluding diaryl/α,β-unsaturated/α-hetero) is 1. The minimum Gasteiger partial charge on any atom is -0.481 e. The van der Waals surface area contributed by atoms with E-state index in [1.165, 1.54) is 5.57 Å². The van der Waals surface area contributed by atoms with E-state index in [1.807, 2.05) is 23.1 Å². The van der Waals surface area contributed by atoms with Gasteiger partial charge in [0.05, 0.1) is 11.8 Å². The summed E-state index contributed by atoms with van der Waals surface area (Å²) >= 11 is 0. The first-order valence-electron chi connectivity index (χ1n) is 19.9. The van der Waals surface area contributed by atoms with Gasteiger partial charge in [0, 0.05) is 35.9 Å². The maximum absolute atomic E-state index is 14.0. The van der Waals surface area contributed by atoms with Gasteiger partial charge >= 0.3 is 11.9 Å². The van der Waals surface area contributed by atoms with Crippen molar-refractivity contribution < 1.29 is 29.0 Å². The number of nitrogens with zero attached hydrogens (tertiary/aromatic N) is 1. The van der Waals surface area contributed by atoms with Gasteiger partial charge in [-0.05, 0) is 129 Å². The van der Waals surface area contributed by atoms with E-state index in [0.29, 0.717) is 49.0 Å². The summed E-state index contributed by atoms with van der Waals surface area (Å²) in [7, 11) is 0. The summed E-state index contributed by atoms with van der Waals surface area (Å²) in [6, 6.07) is 7.97. The van der Waals surface area contributed by atoms with E-state index in [4.69, 9.17) is 4.74 Å². The Balaban J connectivity index is 0.00000464. The molecule has 52 heavy (non-hydrogen) atoms. The molecule has 286 valence electrons. The zero-order valence-corrected chi connectivity index (χ0v) is 32.4. The number of hydrogen-bond donors (Lipinski definition) is 1. The summed E-state index contributed by atoms with van der Waals surface area (Å²) in [6.07, 6.45) is 9.60. The molecule has 0 aromatic heterocycles. The molecule has 1 aromatic carbocycles. The molecular formula is C45H65NO6. The molecule has 0 bridgehead atoms. The second-order valence-corrected chi connectivity index (χ2v) is 19.7. The van der Waals surface area contributed by atoms with Crippen molar-refractivity contribution in [3.05, 3.63) is 46.5 Å². The number of carbonyl (C=O) groups is 4. The largest absolute Gasteiger partial charge is 0.481 e. The van der Waals surface area contributed by atoms with Crippen molar-refractivity contribution in [3.8, 4) is 0 Å². The number of carbonyl (C=O) groups excluding carboxylic acids is 3. The molecule has 1 heterocycles. The average Bonchev–Trinajstić information content (AvgIpc) is 3.54. The topological polar surface area (TPSA) is 101 Å². The smallest absolute Gasteiger partial charge is 0.309 e. The van der Waals surface area contributed by atoms with Crippen LogP contribution in [0.25, 0.3) is 0 Å². The Labute approximate surface area is 312 Å². The number of benzene rings is 1. The molecule has 1 aromatic rings. The Morgan fingerprint density at radius 3 is 2.31 bits per heavy atom. The van der Waals surface area contributed by atoms with Crippen LogP contribution in [0.3, 0.4) is 0 Å². The van der Waals surface area contributed by atoms with Crippen molar-refractivity contribution in [3.63, 3.8) is 0 Å². The van der Waals surface area contributed by atoms with Crippen molar-refractivity contribution in [2.75, 3.05) is 6.54 Å². The minimum absolute atomic E-state index is 0. The number of ether oxygens (including phenoxy) is 1. The first-order chi connectivity index (χ1) is 23.9. The number of aliphatic carboxylic acids is 1. The Hall–Kier alpha value is -2.96. The summed E-state index contributed by atoms with van der Waals surface area (Å²) < 4.78 is 6.16. The van der Waals surface area contributed by atoms with Gasteiger partial charge in [-0.1, -0.05) is 72.7 Å². The van der Waals surface area contributed by atoms with Crippen LogP contribution in [0.5, 0.6) is 0 Å². The summed E-state index contributed by atoms with van der Waals surface area (Å²) in [5.74, 6) is 1.19. The lowest BCUT2D eigenvalue weighted by Crippen LogP contribution is -2.63. The van der Waals surface area contributed by atoms with Crippen molar-refractivity contribution in [2.24, 2.45) is 56.7 Å². The van der Waals surface area contributed by atoms with E-state index < -0.39 is 17.4 Å². The van der Waals surface area contributed by atoms with Crippen LogP contribution >= 0.6 is 0 Å². The highest BCUT2D eigenvalue weighted by Gasteiger charge is 2.66. The molecule has 8 atom stereocenters. The van der Waals surface area contributed by atoms with Crippen LogP contribution in [0.1, 0.15) is 149 Å². The number of allylic oxidation sites excluding steroid dienone is 2. The molecule has 0 spiro atoms. The third-order valence-corrected chi connectivity index (χ3v) is 15.9. The number of amides is 1. The molecular weight excluding hydrogens is 650 g/mol. The number of ketones is 1. The van der Waals surface area contributed by atoms with E-state index in [-0.39, 0.29) is 53.4 Å². The van der Waals surface area contributed by atoms with Crippen molar-refractivity contribution in [1.82, 2.24) is 4.90 Å². The van der Waals surface area contributed by atoms with Crippen molar-refractivity contribution >= 4 is 23.6 Å². The lowest BCUT2D eigenvalue weighted by molar-refractivity contribution is -0.213. The fourth-order valence-corrected chi connectivity index (χ4v) is 13.4. The molecule has 7 heteroatoms. The number of rotatable bonds is 8. The van der Waals surface area contributed by atoms with Crippen LogP contribution in [-0.2, 0) is 25.7 Å². The van der Waals surface area contributed by atoms with Crippen LogP contribution in [-0.4, -0.2) is 46.3 Å². The first-order valence-corrected chi connectivity index (χ1v) is 19.9. The summed E-state index contributed by atoms with van der Waals surface area (Å²) in [6.45, 7) is 18.6. The van der Waals surface area contributed by atoms with Gasteiger partial charge in [-0.2, -0.15) is 0 Å². The molecule has 7 rings (SSSR count). The Morgan fingerprint density at radius 2 is 1.63 bits per heavy atom. The highest BCUT2D eigenvalue weighted by molar-refractivity contribution is 6.01. The predicted molar refractivity (Wildman–Crippen MR) is 203 cm³/mol. The Kier molecular flexibility index (Phi) is 9.77. The summed E-state index contributed by atoms with van der Waals surface area (Å²) in [5.41, 5.74) is 3.30. The molecule has 0 saturated heterocycles. The Bertz CT molecular complexity index is 1670. The number of carboxylic acids is 1. The third kappa shape index (κ3) is 5.81. The molecule has 0 radical (unpaired) electrons. The zero-order chi connectivity index (χ0) is 36.9. The fourth-order valence-electron chi connectivity index (χ4n) is 13.4. The molecule has 7 nitrogen and oxygen atoms in total. The first kappa shape index (κ1) is 38.8. The molecule has 6 aliphatic rings. The van der Waals surface area contributed by atoms with Crippen LogP contribution < -0.4 is 0 Å². The number of hydrogen-bond acceptors (Lipinski definition) is 5. The van der Waals surface area contributed by atoms with E-state index in [9.17, 15) is 24.3 Å². The van der Waals surface area contributed by atoms with Crippen LogP contribution in [0.15, 0.2) is 35.4 Å². The predicted octanol–water partition coefficient (Wildman–Crippen LogP) is 9.67. The maximum Gasteiger partial charge on any atom is 0.309 e. The van der Waals surface area contributed by atoms with Gasteiger partial charge < -0.3 is 14.7 Å².